The van der Waals surface area contributed by atoms with Crippen molar-refractivity contribution in [2.24, 2.45) is 5.73 Å². The Kier molecular flexibility index (Phi) is 2.76. The summed E-state index contributed by atoms with van der Waals surface area (Å²) in [5.41, 5.74) is 7.27. The van der Waals surface area contributed by atoms with Crippen molar-refractivity contribution < 1.29 is 4.79 Å². The van der Waals surface area contributed by atoms with Gasteiger partial charge in [0, 0.05) is 12.5 Å². The van der Waals surface area contributed by atoms with Gasteiger partial charge in [0.15, 0.2) is 0 Å². The highest BCUT2D eigenvalue weighted by Gasteiger charge is 2.27. The smallest absolute Gasteiger partial charge is 0.220 e. The van der Waals surface area contributed by atoms with Gasteiger partial charge in [0.1, 0.15) is 0 Å². The van der Waals surface area contributed by atoms with Gasteiger partial charge in [-0.1, -0.05) is 42.5 Å². The molecule has 1 fully saturated rings. The van der Waals surface area contributed by atoms with Crippen molar-refractivity contribution in [1.29, 1.82) is 0 Å². The summed E-state index contributed by atoms with van der Waals surface area (Å²) < 4.78 is 0. The molecule has 3 nitrogen and oxygen atoms in total. The molecule has 1 saturated heterocycles. The standard InChI is InChI=1S/C15H16N2O/c16-13-8-9-14(18)17-15(13)12-7-3-5-10-4-1-2-6-11(10)12/h1-7,13,15H,8-9,16H2,(H,17,18). The second-order valence-electron chi connectivity index (χ2n) is 4.82. The molecule has 0 aliphatic carbocycles. The van der Waals surface area contributed by atoms with Gasteiger partial charge >= 0.3 is 0 Å². The normalized spacial score (nSPS) is 23.9. The third-order valence-electron chi connectivity index (χ3n) is 3.61. The van der Waals surface area contributed by atoms with Crippen LogP contribution in [0.4, 0.5) is 0 Å². The number of carbonyl (C=O) groups is 1. The van der Waals surface area contributed by atoms with Crippen LogP contribution in [0, 0.1) is 0 Å². The number of benzene rings is 2. The first-order chi connectivity index (χ1) is 8.75. The van der Waals surface area contributed by atoms with Gasteiger partial charge in [0.05, 0.1) is 6.04 Å². The average Bonchev–Trinajstić information content (AvgIpc) is 2.41. The van der Waals surface area contributed by atoms with Gasteiger partial charge in [0.2, 0.25) is 5.91 Å². The zero-order valence-corrected chi connectivity index (χ0v) is 10.1. The topological polar surface area (TPSA) is 55.1 Å². The van der Waals surface area contributed by atoms with Crippen LogP contribution in [0.2, 0.25) is 0 Å². The van der Waals surface area contributed by atoms with Crippen LogP contribution >= 0.6 is 0 Å². The van der Waals surface area contributed by atoms with E-state index < -0.39 is 0 Å². The van der Waals surface area contributed by atoms with Crippen molar-refractivity contribution >= 4 is 16.7 Å². The maximum Gasteiger partial charge on any atom is 0.220 e. The fraction of sp³-hybridized carbons (Fsp3) is 0.267. The van der Waals surface area contributed by atoms with Crippen LogP contribution < -0.4 is 11.1 Å². The molecule has 0 spiro atoms. The van der Waals surface area contributed by atoms with E-state index in [1.165, 1.54) is 10.8 Å². The summed E-state index contributed by atoms with van der Waals surface area (Å²) in [4.78, 5) is 11.6. The lowest BCUT2D eigenvalue weighted by molar-refractivity contribution is -0.123. The molecule has 2 atom stereocenters. The molecule has 0 radical (unpaired) electrons. The van der Waals surface area contributed by atoms with Crippen LogP contribution in [0.25, 0.3) is 10.8 Å². The predicted molar refractivity (Wildman–Crippen MR) is 72.0 cm³/mol. The monoisotopic (exact) mass is 240 g/mol. The fourth-order valence-corrected chi connectivity index (χ4v) is 2.65. The van der Waals surface area contributed by atoms with Gasteiger partial charge in [-0.25, -0.2) is 0 Å². The van der Waals surface area contributed by atoms with E-state index >= 15 is 0 Å². The Morgan fingerprint density at radius 1 is 1.11 bits per heavy atom. The number of nitrogens with two attached hydrogens (primary N) is 1. The van der Waals surface area contributed by atoms with E-state index in [9.17, 15) is 4.79 Å². The molecule has 92 valence electrons. The third kappa shape index (κ3) is 1.87. The maximum absolute atomic E-state index is 11.6. The molecule has 2 aromatic rings. The summed E-state index contributed by atoms with van der Waals surface area (Å²) in [5.74, 6) is 0.0923. The number of rotatable bonds is 1. The highest BCUT2D eigenvalue weighted by Crippen LogP contribution is 2.29. The van der Waals surface area contributed by atoms with E-state index in [1.54, 1.807) is 0 Å². The number of fused-ring (bicyclic) bond motifs is 1. The lowest BCUT2D eigenvalue weighted by Crippen LogP contribution is -2.45. The van der Waals surface area contributed by atoms with Gasteiger partial charge in [-0.2, -0.15) is 0 Å². The van der Waals surface area contributed by atoms with Crippen LogP contribution in [0.3, 0.4) is 0 Å². The summed E-state index contributed by atoms with van der Waals surface area (Å²) in [6, 6.07) is 14.3. The maximum atomic E-state index is 11.6. The quantitative estimate of drug-likeness (QED) is 0.802. The largest absolute Gasteiger partial charge is 0.348 e. The Balaban J connectivity index is 2.10. The van der Waals surface area contributed by atoms with Crippen molar-refractivity contribution in [3.63, 3.8) is 0 Å². The first kappa shape index (κ1) is 11.2. The number of hydrogen-bond acceptors (Lipinski definition) is 2. The van der Waals surface area contributed by atoms with E-state index in [1.807, 2.05) is 18.2 Å². The third-order valence-corrected chi connectivity index (χ3v) is 3.61. The lowest BCUT2D eigenvalue weighted by Gasteiger charge is -2.30. The Morgan fingerprint density at radius 2 is 1.89 bits per heavy atom. The van der Waals surface area contributed by atoms with Gasteiger partial charge in [-0.15, -0.1) is 0 Å². The van der Waals surface area contributed by atoms with Gasteiger partial charge in [0.25, 0.3) is 0 Å². The molecule has 0 saturated carbocycles. The van der Waals surface area contributed by atoms with Crippen LogP contribution in [0.15, 0.2) is 42.5 Å². The molecule has 1 aliphatic rings. The molecule has 1 aliphatic heterocycles. The molecule has 2 unspecified atom stereocenters. The van der Waals surface area contributed by atoms with Crippen LogP contribution in [0.1, 0.15) is 24.4 Å². The first-order valence-electron chi connectivity index (χ1n) is 6.28. The first-order valence-corrected chi connectivity index (χ1v) is 6.28. The molecule has 0 aromatic heterocycles. The fourth-order valence-electron chi connectivity index (χ4n) is 2.65. The number of hydrogen-bond donors (Lipinski definition) is 2. The van der Waals surface area contributed by atoms with E-state index in [0.29, 0.717) is 6.42 Å². The van der Waals surface area contributed by atoms with Crippen molar-refractivity contribution in [3.05, 3.63) is 48.0 Å². The Hall–Kier alpha value is -1.87. The second-order valence-corrected chi connectivity index (χ2v) is 4.82. The average molecular weight is 240 g/mol. The highest BCUT2D eigenvalue weighted by atomic mass is 16.1. The van der Waals surface area contributed by atoms with E-state index in [4.69, 9.17) is 5.73 Å². The molecule has 3 heteroatoms. The SMILES string of the molecule is NC1CCC(=O)NC1c1cccc2ccccc12. The van der Waals surface area contributed by atoms with Gasteiger partial charge in [-0.05, 0) is 22.8 Å². The summed E-state index contributed by atoms with van der Waals surface area (Å²) in [7, 11) is 0. The van der Waals surface area contributed by atoms with Crippen LogP contribution in [0.5, 0.6) is 0 Å². The van der Waals surface area contributed by atoms with Crippen molar-refractivity contribution in [2.45, 2.75) is 24.9 Å². The minimum atomic E-state index is -0.0719. The van der Waals surface area contributed by atoms with Gasteiger partial charge < -0.3 is 11.1 Å². The zero-order valence-electron chi connectivity index (χ0n) is 10.1. The Morgan fingerprint density at radius 3 is 2.78 bits per heavy atom. The van der Waals surface area contributed by atoms with Crippen molar-refractivity contribution in [2.75, 3.05) is 0 Å². The number of nitrogens with one attached hydrogen (secondary N) is 1. The van der Waals surface area contributed by atoms with Gasteiger partial charge in [-0.3, -0.25) is 4.79 Å². The molecule has 3 N–H and O–H groups in total. The summed E-state index contributed by atoms with van der Waals surface area (Å²) in [6.45, 7) is 0. The molecule has 0 bridgehead atoms. The lowest BCUT2D eigenvalue weighted by atomic mass is 9.89. The van der Waals surface area contributed by atoms with Crippen molar-refractivity contribution in [1.82, 2.24) is 5.32 Å². The molecule has 3 rings (SSSR count). The highest BCUT2D eigenvalue weighted by molar-refractivity contribution is 5.87. The number of amides is 1. The molecule has 18 heavy (non-hydrogen) atoms. The van der Waals surface area contributed by atoms with Crippen molar-refractivity contribution in [3.8, 4) is 0 Å². The summed E-state index contributed by atoms with van der Waals surface area (Å²) in [5, 5.41) is 5.36. The van der Waals surface area contributed by atoms with Crippen LogP contribution in [-0.2, 0) is 4.79 Å². The predicted octanol–water partition coefficient (Wildman–Crippen LogP) is 2.12. The molecular formula is C15H16N2O. The minimum Gasteiger partial charge on any atom is -0.348 e. The van der Waals surface area contributed by atoms with Crippen LogP contribution in [-0.4, -0.2) is 11.9 Å². The molecule has 1 amide bonds. The van der Waals surface area contributed by atoms with E-state index in [2.05, 4.69) is 29.6 Å². The molecular weight excluding hydrogens is 224 g/mol. The zero-order chi connectivity index (χ0) is 12.5. The minimum absolute atomic E-state index is 0.00601. The second kappa shape index (κ2) is 4.42. The number of carbonyl (C=O) groups excluding carboxylic acids is 1. The van der Waals surface area contributed by atoms with E-state index in [-0.39, 0.29) is 18.0 Å². The molecule has 1 heterocycles. The Labute approximate surface area is 106 Å². The summed E-state index contributed by atoms with van der Waals surface area (Å²) >= 11 is 0. The summed E-state index contributed by atoms with van der Waals surface area (Å²) in [6.07, 6.45) is 1.28. The number of piperidine rings is 1. The van der Waals surface area contributed by atoms with E-state index in [0.717, 1.165) is 12.0 Å². The Bertz CT molecular complexity index is 589. The molecule has 2 aromatic carbocycles.